The topological polar surface area (TPSA) is 47.9 Å². The molecule has 0 aliphatic carbocycles. The van der Waals surface area contributed by atoms with E-state index in [4.69, 9.17) is 14.2 Å². The van der Waals surface area contributed by atoms with Crippen molar-refractivity contribution in [3.05, 3.63) is 23.8 Å². The van der Waals surface area contributed by atoms with Gasteiger partial charge in [0.2, 0.25) is 0 Å². The SMILES string of the molecule is COc1ccc(OC)c(C(O)CC2CCCO2)c1. The Balaban J connectivity index is 2.13. The first-order valence-electron chi connectivity index (χ1n) is 6.26. The van der Waals surface area contributed by atoms with Gasteiger partial charge < -0.3 is 19.3 Å². The standard InChI is InChI=1S/C14H20O4/c1-16-10-5-6-14(17-2)12(8-10)13(15)9-11-4-3-7-18-11/h5-6,8,11,13,15H,3-4,7,9H2,1-2H3. The van der Waals surface area contributed by atoms with Crippen LogP contribution in [0.25, 0.3) is 0 Å². The Morgan fingerprint density at radius 1 is 1.39 bits per heavy atom. The maximum atomic E-state index is 10.3. The summed E-state index contributed by atoms with van der Waals surface area (Å²) in [5.41, 5.74) is 0.757. The van der Waals surface area contributed by atoms with Gasteiger partial charge in [0.05, 0.1) is 26.4 Å². The summed E-state index contributed by atoms with van der Waals surface area (Å²) in [6, 6.07) is 5.45. The van der Waals surface area contributed by atoms with Crippen LogP contribution in [0.15, 0.2) is 18.2 Å². The maximum absolute atomic E-state index is 10.3. The zero-order valence-corrected chi connectivity index (χ0v) is 10.9. The number of ether oxygens (including phenoxy) is 3. The average molecular weight is 252 g/mol. The molecule has 18 heavy (non-hydrogen) atoms. The molecule has 0 bridgehead atoms. The number of hydrogen-bond acceptors (Lipinski definition) is 4. The van der Waals surface area contributed by atoms with Crippen molar-refractivity contribution in [1.82, 2.24) is 0 Å². The third-order valence-corrected chi connectivity index (χ3v) is 3.31. The molecule has 1 aliphatic rings. The third kappa shape index (κ3) is 2.94. The van der Waals surface area contributed by atoms with Crippen LogP contribution in [0, 0.1) is 0 Å². The smallest absolute Gasteiger partial charge is 0.124 e. The molecule has 1 fully saturated rings. The quantitative estimate of drug-likeness (QED) is 0.873. The number of aliphatic hydroxyl groups is 1. The lowest BCUT2D eigenvalue weighted by molar-refractivity contribution is 0.0525. The van der Waals surface area contributed by atoms with Gasteiger partial charge in [0.25, 0.3) is 0 Å². The number of methoxy groups -OCH3 is 2. The van der Waals surface area contributed by atoms with Gasteiger partial charge in [-0.3, -0.25) is 0 Å². The number of benzene rings is 1. The van der Waals surface area contributed by atoms with Gasteiger partial charge in [-0.1, -0.05) is 0 Å². The normalized spacial score (nSPS) is 20.7. The summed E-state index contributed by atoms with van der Waals surface area (Å²) < 4.78 is 16.0. The number of rotatable bonds is 5. The Hall–Kier alpha value is -1.26. The van der Waals surface area contributed by atoms with E-state index in [2.05, 4.69) is 0 Å². The fraction of sp³-hybridized carbons (Fsp3) is 0.571. The molecule has 0 saturated carbocycles. The first-order valence-corrected chi connectivity index (χ1v) is 6.26. The zero-order valence-electron chi connectivity index (χ0n) is 10.9. The lowest BCUT2D eigenvalue weighted by atomic mass is 10.0. The van der Waals surface area contributed by atoms with E-state index in [1.807, 2.05) is 18.2 Å². The summed E-state index contributed by atoms with van der Waals surface area (Å²) in [6.45, 7) is 0.798. The second kappa shape index (κ2) is 6.07. The molecule has 0 aromatic heterocycles. The number of aliphatic hydroxyl groups excluding tert-OH is 1. The van der Waals surface area contributed by atoms with Crippen LogP contribution in [0.4, 0.5) is 0 Å². The van der Waals surface area contributed by atoms with E-state index in [1.54, 1.807) is 14.2 Å². The van der Waals surface area contributed by atoms with Crippen LogP contribution in [0.2, 0.25) is 0 Å². The molecule has 1 aromatic carbocycles. The maximum Gasteiger partial charge on any atom is 0.124 e. The van der Waals surface area contributed by atoms with E-state index < -0.39 is 6.10 Å². The highest BCUT2D eigenvalue weighted by atomic mass is 16.5. The first-order chi connectivity index (χ1) is 8.74. The minimum Gasteiger partial charge on any atom is -0.497 e. The summed E-state index contributed by atoms with van der Waals surface area (Å²) in [4.78, 5) is 0. The van der Waals surface area contributed by atoms with Crippen molar-refractivity contribution in [3.8, 4) is 11.5 Å². The molecule has 0 amide bonds. The minimum absolute atomic E-state index is 0.149. The van der Waals surface area contributed by atoms with E-state index in [0.717, 1.165) is 30.8 Å². The van der Waals surface area contributed by atoms with Gasteiger partial charge in [-0.05, 0) is 31.0 Å². The molecule has 2 rings (SSSR count). The molecule has 2 unspecified atom stereocenters. The van der Waals surface area contributed by atoms with Crippen LogP contribution < -0.4 is 9.47 Å². The molecule has 0 radical (unpaired) electrons. The summed E-state index contributed by atoms with van der Waals surface area (Å²) in [5.74, 6) is 1.40. The van der Waals surface area contributed by atoms with Crippen molar-refractivity contribution < 1.29 is 19.3 Å². The average Bonchev–Trinajstić information content (AvgIpc) is 2.90. The molecule has 1 saturated heterocycles. The predicted molar refractivity (Wildman–Crippen MR) is 68.1 cm³/mol. The highest BCUT2D eigenvalue weighted by Gasteiger charge is 2.22. The van der Waals surface area contributed by atoms with Crippen molar-refractivity contribution in [2.24, 2.45) is 0 Å². The third-order valence-electron chi connectivity index (χ3n) is 3.31. The van der Waals surface area contributed by atoms with E-state index in [1.165, 1.54) is 0 Å². The summed E-state index contributed by atoms with van der Waals surface area (Å²) in [5, 5.41) is 10.3. The van der Waals surface area contributed by atoms with Gasteiger partial charge in [0, 0.05) is 18.6 Å². The Bertz CT molecular complexity index is 385. The van der Waals surface area contributed by atoms with Crippen LogP contribution in [-0.2, 0) is 4.74 Å². The molecule has 100 valence electrons. The van der Waals surface area contributed by atoms with Gasteiger partial charge in [-0.15, -0.1) is 0 Å². The lowest BCUT2D eigenvalue weighted by Gasteiger charge is -2.18. The highest BCUT2D eigenvalue weighted by Crippen LogP contribution is 2.33. The van der Waals surface area contributed by atoms with Gasteiger partial charge in [0.1, 0.15) is 11.5 Å². The Morgan fingerprint density at radius 3 is 2.83 bits per heavy atom. The van der Waals surface area contributed by atoms with Crippen molar-refractivity contribution in [2.45, 2.75) is 31.5 Å². The van der Waals surface area contributed by atoms with Gasteiger partial charge >= 0.3 is 0 Å². The molecule has 1 aromatic rings. The zero-order chi connectivity index (χ0) is 13.0. The molecule has 0 spiro atoms. The number of hydrogen-bond donors (Lipinski definition) is 1. The van der Waals surface area contributed by atoms with Crippen LogP contribution >= 0.6 is 0 Å². The van der Waals surface area contributed by atoms with Crippen LogP contribution in [-0.4, -0.2) is 32.0 Å². The monoisotopic (exact) mass is 252 g/mol. The Morgan fingerprint density at radius 2 is 2.22 bits per heavy atom. The van der Waals surface area contributed by atoms with Crippen molar-refractivity contribution in [2.75, 3.05) is 20.8 Å². The van der Waals surface area contributed by atoms with E-state index in [-0.39, 0.29) is 6.10 Å². The molecule has 4 heteroatoms. The van der Waals surface area contributed by atoms with Gasteiger partial charge in [-0.2, -0.15) is 0 Å². The summed E-state index contributed by atoms with van der Waals surface area (Å²) in [7, 11) is 3.21. The van der Waals surface area contributed by atoms with E-state index in [9.17, 15) is 5.11 Å². The first kappa shape index (κ1) is 13.2. The van der Waals surface area contributed by atoms with Crippen LogP contribution in [0.3, 0.4) is 0 Å². The van der Waals surface area contributed by atoms with E-state index >= 15 is 0 Å². The van der Waals surface area contributed by atoms with E-state index in [0.29, 0.717) is 12.2 Å². The fourth-order valence-corrected chi connectivity index (χ4v) is 2.31. The predicted octanol–water partition coefficient (Wildman–Crippen LogP) is 2.31. The molecule has 1 N–H and O–H groups in total. The molecular weight excluding hydrogens is 232 g/mol. The van der Waals surface area contributed by atoms with Gasteiger partial charge in [-0.25, -0.2) is 0 Å². The minimum atomic E-state index is -0.585. The summed E-state index contributed by atoms with van der Waals surface area (Å²) in [6.07, 6.45) is 2.26. The lowest BCUT2D eigenvalue weighted by Crippen LogP contribution is -2.12. The van der Waals surface area contributed by atoms with Gasteiger partial charge in [0.15, 0.2) is 0 Å². The van der Waals surface area contributed by atoms with Crippen LogP contribution in [0.5, 0.6) is 11.5 Å². The van der Waals surface area contributed by atoms with Crippen molar-refractivity contribution in [1.29, 1.82) is 0 Å². The van der Waals surface area contributed by atoms with Crippen molar-refractivity contribution in [3.63, 3.8) is 0 Å². The molecule has 1 aliphatic heterocycles. The molecule has 4 nitrogen and oxygen atoms in total. The largest absolute Gasteiger partial charge is 0.497 e. The molecule has 1 heterocycles. The Kier molecular flexibility index (Phi) is 4.44. The second-order valence-electron chi connectivity index (χ2n) is 4.49. The van der Waals surface area contributed by atoms with Crippen molar-refractivity contribution >= 4 is 0 Å². The fourth-order valence-electron chi connectivity index (χ4n) is 2.31. The van der Waals surface area contributed by atoms with Crippen LogP contribution in [0.1, 0.15) is 30.9 Å². The second-order valence-corrected chi connectivity index (χ2v) is 4.49. The summed E-state index contributed by atoms with van der Waals surface area (Å²) >= 11 is 0. The highest BCUT2D eigenvalue weighted by molar-refractivity contribution is 5.41. The Labute approximate surface area is 107 Å². The molecular formula is C14H20O4. The molecule has 2 atom stereocenters.